The van der Waals surface area contributed by atoms with Crippen molar-refractivity contribution in [3.63, 3.8) is 0 Å². The quantitative estimate of drug-likeness (QED) is 0.619. The Kier molecular flexibility index (Phi) is 7.56. The molecule has 0 saturated heterocycles. The van der Waals surface area contributed by atoms with Crippen LogP contribution in [0.15, 0.2) is 24.3 Å². The second-order valence-electron chi connectivity index (χ2n) is 6.37. The molecule has 1 N–H and O–H groups in total. The molecule has 2 rings (SSSR count). The predicted octanol–water partition coefficient (Wildman–Crippen LogP) is 2.43. The summed E-state index contributed by atoms with van der Waals surface area (Å²) in [5, 5.41) is 7.23. The molecule has 0 radical (unpaired) electrons. The van der Waals surface area contributed by atoms with Crippen molar-refractivity contribution in [1.29, 1.82) is 0 Å². The Labute approximate surface area is 169 Å². The number of halogens is 2. The maximum Gasteiger partial charge on any atom is 0.256 e. The van der Waals surface area contributed by atoms with Gasteiger partial charge in [-0.1, -0.05) is 23.7 Å². The van der Waals surface area contributed by atoms with Crippen LogP contribution >= 0.6 is 11.6 Å². The Morgan fingerprint density at radius 1 is 1.32 bits per heavy atom. The lowest BCUT2D eigenvalue weighted by atomic mass is 10.2. The molecule has 1 heterocycles. The molecule has 0 fully saturated rings. The molecule has 0 aliphatic heterocycles. The fourth-order valence-corrected chi connectivity index (χ4v) is 3.80. The first-order valence-electron chi connectivity index (χ1n) is 8.85. The number of hydrogen-bond acceptors (Lipinski definition) is 4. The van der Waals surface area contributed by atoms with Crippen LogP contribution in [0.4, 0.5) is 4.39 Å². The Hall–Kier alpha value is -1.97. The number of benzene rings is 1. The first-order valence-corrected chi connectivity index (χ1v) is 10.8. The highest BCUT2D eigenvalue weighted by Crippen LogP contribution is 2.21. The number of hydrogen-bond donors (Lipinski definition) is 1. The van der Waals surface area contributed by atoms with Gasteiger partial charge in [-0.3, -0.25) is 4.79 Å². The van der Waals surface area contributed by atoms with E-state index >= 15 is 0 Å². The van der Waals surface area contributed by atoms with E-state index in [1.807, 2.05) is 0 Å². The van der Waals surface area contributed by atoms with Gasteiger partial charge in [-0.15, -0.1) is 0 Å². The third-order valence-corrected chi connectivity index (χ3v) is 6.56. The zero-order valence-electron chi connectivity index (χ0n) is 16.1. The molecule has 0 aliphatic rings. The van der Waals surface area contributed by atoms with Gasteiger partial charge in [-0.2, -0.15) is 5.10 Å². The van der Waals surface area contributed by atoms with E-state index in [0.29, 0.717) is 31.7 Å². The van der Waals surface area contributed by atoms with Gasteiger partial charge in [-0.25, -0.2) is 21.8 Å². The SMILES string of the molecule is CCS(=O)(=O)N(C)CCCNC(=O)c1c(C)nn(Cc2ccc(F)cc2)c1Cl. The van der Waals surface area contributed by atoms with Crippen LogP contribution in [-0.2, 0) is 16.6 Å². The third-order valence-electron chi connectivity index (χ3n) is 4.31. The summed E-state index contributed by atoms with van der Waals surface area (Å²) in [4.78, 5) is 12.5. The van der Waals surface area contributed by atoms with Gasteiger partial charge in [0.05, 0.1) is 23.6 Å². The van der Waals surface area contributed by atoms with Gasteiger partial charge < -0.3 is 5.32 Å². The Morgan fingerprint density at radius 3 is 2.57 bits per heavy atom. The first-order chi connectivity index (χ1) is 13.2. The van der Waals surface area contributed by atoms with Crippen LogP contribution in [0.3, 0.4) is 0 Å². The fourth-order valence-electron chi connectivity index (χ4n) is 2.63. The highest BCUT2D eigenvalue weighted by atomic mass is 35.5. The van der Waals surface area contributed by atoms with Gasteiger partial charge in [0, 0.05) is 20.1 Å². The van der Waals surface area contributed by atoms with Crippen molar-refractivity contribution in [1.82, 2.24) is 19.4 Å². The molecule has 1 amide bonds. The zero-order chi connectivity index (χ0) is 20.9. The predicted molar refractivity (Wildman–Crippen MR) is 107 cm³/mol. The molecule has 0 unspecified atom stereocenters. The maximum atomic E-state index is 13.0. The number of carbonyl (C=O) groups excluding carboxylic acids is 1. The standard InChI is InChI=1S/C18H24ClFN4O3S/c1-4-28(26,27)23(3)11-5-10-21-18(25)16-13(2)22-24(17(16)19)12-14-6-8-15(20)9-7-14/h6-9H,4-5,10-12H2,1-3H3,(H,21,25). The van der Waals surface area contributed by atoms with E-state index in [-0.39, 0.29) is 28.2 Å². The molecule has 0 atom stereocenters. The summed E-state index contributed by atoms with van der Waals surface area (Å²) in [5.74, 6) is -0.657. The van der Waals surface area contributed by atoms with E-state index in [2.05, 4.69) is 10.4 Å². The monoisotopic (exact) mass is 430 g/mol. The van der Waals surface area contributed by atoms with Crippen LogP contribution in [0, 0.1) is 12.7 Å². The molecule has 0 aliphatic carbocycles. The average molecular weight is 431 g/mol. The second-order valence-corrected chi connectivity index (χ2v) is 9.09. The highest BCUT2D eigenvalue weighted by Gasteiger charge is 2.20. The summed E-state index contributed by atoms with van der Waals surface area (Å²) in [5.41, 5.74) is 1.56. The lowest BCUT2D eigenvalue weighted by molar-refractivity contribution is 0.0952. The molecule has 154 valence electrons. The molecule has 0 bridgehead atoms. The summed E-state index contributed by atoms with van der Waals surface area (Å²) in [6.07, 6.45) is 0.474. The highest BCUT2D eigenvalue weighted by molar-refractivity contribution is 7.89. The summed E-state index contributed by atoms with van der Waals surface area (Å²) in [7, 11) is -1.72. The molecule has 2 aromatic rings. The minimum atomic E-state index is -3.23. The molecule has 0 spiro atoms. The van der Waals surface area contributed by atoms with Crippen molar-refractivity contribution >= 4 is 27.5 Å². The van der Waals surface area contributed by atoms with Gasteiger partial charge in [0.1, 0.15) is 11.0 Å². The number of rotatable bonds is 9. The van der Waals surface area contributed by atoms with Gasteiger partial charge in [-0.05, 0) is 38.0 Å². The largest absolute Gasteiger partial charge is 0.352 e. The molecule has 10 heteroatoms. The topological polar surface area (TPSA) is 84.3 Å². The number of carbonyl (C=O) groups is 1. The van der Waals surface area contributed by atoms with Crippen molar-refractivity contribution in [2.75, 3.05) is 25.9 Å². The second kappa shape index (κ2) is 9.49. The van der Waals surface area contributed by atoms with E-state index in [9.17, 15) is 17.6 Å². The smallest absolute Gasteiger partial charge is 0.256 e. The van der Waals surface area contributed by atoms with Crippen molar-refractivity contribution in [2.24, 2.45) is 0 Å². The van der Waals surface area contributed by atoms with Crippen LogP contribution in [-0.4, -0.2) is 54.3 Å². The number of sulfonamides is 1. The molecular weight excluding hydrogens is 407 g/mol. The third kappa shape index (κ3) is 5.52. The van der Waals surface area contributed by atoms with E-state index < -0.39 is 10.0 Å². The van der Waals surface area contributed by atoms with E-state index in [0.717, 1.165) is 5.56 Å². The number of amides is 1. The van der Waals surface area contributed by atoms with Crippen molar-refractivity contribution in [3.8, 4) is 0 Å². The van der Waals surface area contributed by atoms with Crippen LogP contribution in [0.25, 0.3) is 0 Å². The Morgan fingerprint density at radius 2 is 1.96 bits per heavy atom. The lowest BCUT2D eigenvalue weighted by Gasteiger charge is -2.15. The Bertz CT molecular complexity index is 929. The lowest BCUT2D eigenvalue weighted by Crippen LogP contribution is -2.32. The van der Waals surface area contributed by atoms with Gasteiger partial charge >= 0.3 is 0 Å². The van der Waals surface area contributed by atoms with Gasteiger partial charge in [0.25, 0.3) is 5.91 Å². The van der Waals surface area contributed by atoms with Crippen LogP contribution in [0.1, 0.15) is 35.0 Å². The number of nitrogens with one attached hydrogen (secondary N) is 1. The van der Waals surface area contributed by atoms with Crippen LogP contribution in [0.2, 0.25) is 5.15 Å². The summed E-state index contributed by atoms with van der Waals surface area (Å²) in [6.45, 7) is 4.20. The number of aromatic nitrogens is 2. The minimum Gasteiger partial charge on any atom is -0.352 e. The van der Waals surface area contributed by atoms with Gasteiger partial charge in [0.2, 0.25) is 10.0 Å². The van der Waals surface area contributed by atoms with Crippen molar-refractivity contribution < 1.29 is 17.6 Å². The maximum absolute atomic E-state index is 13.0. The molecule has 7 nitrogen and oxygen atoms in total. The fraction of sp³-hybridized carbons (Fsp3) is 0.444. The van der Waals surface area contributed by atoms with E-state index in [4.69, 9.17) is 11.6 Å². The average Bonchev–Trinajstić information content (AvgIpc) is 2.93. The van der Waals surface area contributed by atoms with Crippen molar-refractivity contribution in [3.05, 3.63) is 52.1 Å². The van der Waals surface area contributed by atoms with Gasteiger partial charge in [0.15, 0.2) is 0 Å². The normalized spacial score (nSPS) is 11.8. The minimum absolute atomic E-state index is 0.0396. The van der Waals surface area contributed by atoms with E-state index in [1.54, 1.807) is 26.0 Å². The molecule has 0 saturated carbocycles. The number of aryl methyl sites for hydroxylation is 1. The van der Waals surface area contributed by atoms with Crippen LogP contribution in [0.5, 0.6) is 0 Å². The zero-order valence-corrected chi connectivity index (χ0v) is 17.6. The molecule has 1 aromatic carbocycles. The van der Waals surface area contributed by atoms with E-state index in [1.165, 1.54) is 28.2 Å². The first kappa shape index (κ1) is 22.3. The van der Waals surface area contributed by atoms with Crippen molar-refractivity contribution in [2.45, 2.75) is 26.8 Å². The summed E-state index contributed by atoms with van der Waals surface area (Å²) in [6, 6.07) is 5.96. The summed E-state index contributed by atoms with van der Waals surface area (Å²) < 4.78 is 39.2. The number of nitrogens with zero attached hydrogens (tertiary/aromatic N) is 3. The Balaban J connectivity index is 1.96. The van der Waals surface area contributed by atoms with Crippen LogP contribution < -0.4 is 5.32 Å². The molecule has 28 heavy (non-hydrogen) atoms. The summed E-state index contributed by atoms with van der Waals surface area (Å²) >= 11 is 6.33. The molecular formula is C18H24ClFN4O3S. The molecule has 1 aromatic heterocycles.